The first-order valence-corrected chi connectivity index (χ1v) is 3.43. The van der Waals surface area contributed by atoms with Crippen LogP contribution in [0.15, 0.2) is 0 Å². The van der Waals surface area contributed by atoms with Crippen molar-refractivity contribution in [2.45, 2.75) is 32.7 Å². The molecule has 0 aliphatic carbocycles. The molecule has 0 saturated carbocycles. The SMILES string of the molecule is CCC(C)(CO)NC(C)=O. The minimum absolute atomic E-state index is 0.0108. The zero-order chi connectivity index (χ0) is 8.20. The highest BCUT2D eigenvalue weighted by Gasteiger charge is 2.20. The third-order valence-corrected chi connectivity index (χ3v) is 1.61. The lowest BCUT2D eigenvalue weighted by atomic mass is 10.0. The van der Waals surface area contributed by atoms with E-state index in [1.807, 2.05) is 13.8 Å². The third-order valence-electron chi connectivity index (χ3n) is 1.61. The molecule has 0 aliphatic rings. The molecule has 0 aromatic carbocycles. The standard InChI is InChI=1S/C7H15NO2/c1-4-7(3,5-9)8-6(2)10/h9H,4-5H2,1-3H3,(H,8,10). The van der Waals surface area contributed by atoms with Crippen LogP contribution in [0.2, 0.25) is 0 Å². The van der Waals surface area contributed by atoms with Crippen LogP contribution >= 0.6 is 0 Å². The molecular formula is C7H15NO2. The highest BCUT2D eigenvalue weighted by atomic mass is 16.3. The van der Waals surface area contributed by atoms with E-state index in [9.17, 15) is 4.79 Å². The van der Waals surface area contributed by atoms with E-state index in [2.05, 4.69) is 5.32 Å². The molecule has 1 atom stereocenters. The molecule has 0 radical (unpaired) electrons. The fourth-order valence-electron chi connectivity index (χ4n) is 0.665. The Labute approximate surface area is 61.4 Å². The number of carbonyl (C=O) groups is 1. The van der Waals surface area contributed by atoms with Gasteiger partial charge in [0, 0.05) is 6.92 Å². The number of amides is 1. The largest absolute Gasteiger partial charge is 0.394 e. The summed E-state index contributed by atoms with van der Waals surface area (Å²) in [6, 6.07) is 0. The Balaban J connectivity index is 3.92. The van der Waals surface area contributed by atoms with Crippen LogP contribution < -0.4 is 5.32 Å². The summed E-state index contributed by atoms with van der Waals surface area (Å²) in [7, 11) is 0. The van der Waals surface area contributed by atoms with Gasteiger partial charge in [-0.15, -0.1) is 0 Å². The Morgan fingerprint density at radius 3 is 2.30 bits per heavy atom. The molecule has 0 bridgehead atoms. The normalized spacial score (nSPS) is 16.0. The van der Waals surface area contributed by atoms with Gasteiger partial charge in [-0.1, -0.05) is 6.92 Å². The summed E-state index contributed by atoms with van der Waals surface area (Å²) in [5.41, 5.74) is -0.439. The molecule has 0 aromatic rings. The molecule has 2 N–H and O–H groups in total. The van der Waals surface area contributed by atoms with Gasteiger partial charge in [-0.05, 0) is 13.3 Å². The summed E-state index contributed by atoms with van der Waals surface area (Å²) in [6.07, 6.45) is 0.739. The van der Waals surface area contributed by atoms with Gasteiger partial charge in [0.05, 0.1) is 12.1 Å². The second-order valence-corrected chi connectivity index (χ2v) is 2.75. The monoisotopic (exact) mass is 145 g/mol. The van der Waals surface area contributed by atoms with Crippen LogP contribution in [-0.4, -0.2) is 23.2 Å². The van der Waals surface area contributed by atoms with Gasteiger partial charge in [0.15, 0.2) is 0 Å². The predicted octanol–water partition coefficient (Wildman–Crippen LogP) is 0.283. The molecule has 1 amide bonds. The Bertz CT molecular complexity index is 119. The van der Waals surface area contributed by atoms with Gasteiger partial charge in [-0.3, -0.25) is 4.79 Å². The second-order valence-electron chi connectivity index (χ2n) is 2.75. The molecule has 0 aliphatic heterocycles. The molecule has 0 heterocycles. The summed E-state index contributed by atoms with van der Waals surface area (Å²) in [5, 5.41) is 11.5. The molecule has 60 valence electrons. The summed E-state index contributed by atoms with van der Waals surface area (Å²) < 4.78 is 0. The van der Waals surface area contributed by atoms with E-state index in [1.54, 1.807) is 0 Å². The Morgan fingerprint density at radius 1 is 1.70 bits per heavy atom. The number of rotatable bonds is 3. The number of hydrogen-bond acceptors (Lipinski definition) is 2. The second kappa shape index (κ2) is 3.56. The van der Waals surface area contributed by atoms with Crippen molar-refractivity contribution in [1.29, 1.82) is 0 Å². The lowest BCUT2D eigenvalue weighted by molar-refractivity contribution is -0.121. The summed E-state index contributed by atoms with van der Waals surface area (Å²) in [4.78, 5) is 10.6. The van der Waals surface area contributed by atoms with Crippen molar-refractivity contribution < 1.29 is 9.90 Å². The minimum atomic E-state index is -0.439. The van der Waals surface area contributed by atoms with Crippen LogP contribution in [0.3, 0.4) is 0 Å². The Kier molecular flexibility index (Phi) is 3.36. The maximum Gasteiger partial charge on any atom is 0.217 e. The molecule has 10 heavy (non-hydrogen) atoms. The van der Waals surface area contributed by atoms with Crippen molar-refractivity contribution in [3.63, 3.8) is 0 Å². The van der Waals surface area contributed by atoms with Crippen molar-refractivity contribution in [1.82, 2.24) is 5.32 Å². The lowest BCUT2D eigenvalue weighted by Crippen LogP contribution is -2.47. The van der Waals surface area contributed by atoms with Crippen molar-refractivity contribution in [2.24, 2.45) is 0 Å². The number of carbonyl (C=O) groups excluding carboxylic acids is 1. The van der Waals surface area contributed by atoms with Crippen LogP contribution in [-0.2, 0) is 4.79 Å². The smallest absolute Gasteiger partial charge is 0.217 e. The van der Waals surface area contributed by atoms with Crippen molar-refractivity contribution in [2.75, 3.05) is 6.61 Å². The Morgan fingerprint density at radius 2 is 2.20 bits per heavy atom. The van der Waals surface area contributed by atoms with Crippen LogP contribution in [0.25, 0.3) is 0 Å². The quantitative estimate of drug-likeness (QED) is 0.599. The van der Waals surface area contributed by atoms with Gasteiger partial charge in [-0.25, -0.2) is 0 Å². The zero-order valence-electron chi connectivity index (χ0n) is 6.77. The van der Waals surface area contributed by atoms with Crippen LogP contribution in [0, 0.1) is 0 Å². The average molecular weight is 145 g/mol. The molecule has 3 nitrogen and oxygen atoms in total. The first-order chi connectivity index (χ1) is 4.54. The fraction of sp³-hybridized carbons (Fsp3) is 0.857. The molecular weight excluding hydrogens is 130 g/mol. The molecule has 3 heteroatoms. The lowest BCUT2D eigenvalue weighted by Gasteiger charge is -2.26. The van der Waals surface area contributed by atoms with Gasteiger partial charge in [0.25, 0.3) is 0 Å². The van der Waals surface area contributed by atoms with Gasteiger partial charge >= 0.3 is 0 Å². The van der Waals surface area contributed by atoms with Gasteiger partial charge < -0.3 is 10.4 Å². The average Bonchev–Trinajstić information content (AvgIpc) is 1.87. The zero-order valence-corrected chi connectivity index (χ0v) is 6.77. The van der Waals surface area contributed by atoms with E-state index < -0.39 is 5.54 Å². The first kappa shape index (κ1) is 9.43. The van der Waals surface area contributed by atoms with E-state index in [0.717, 1.165) is 6.42 Å². The molecule has 0 rings (SSSR count). The van der Waals surface area contributed by atoms with Crippen molar-refractivity contribution in [3.05, 3.63) is 0 Å². The Hall–Kier alpha value is -0.570. The van der Waals surface area contributed by atoms with Crippen molar-refractivity contribution >= 4 is 5.91 Å². The summed E-state index contributed by atoms with van der Waals surface area (Å²) >= 11 is 0. The number of aliphatic hydroxyl groups is 1. The van der Waals surface area contributed by atoms with Crippen LogP contribution in [0.1, 0.15) is 27.2 Å². The maximum atomic E-state index is 10.6. The molecule has 1 unspecified atom stereocenters. The third kappa shape index (κ3) is 2.82. The summed E-state index contributed by atoms with van der Waals surface area (Å²) in [5.74, 6) is -0.0987. The molecule has 0 saturated heterocycles. The highest BCUT2D eigenvalue weighted by Crippen LogP contribution is 2.06. The van der Waals surface area contributed by atoms with Crippen molar-refractivity contribution in [3.8, 4) is 0 Å². The minimum Gasteiger partial charge on any atom is -0.394 e. The number of hydrogen-bond donors (Lipinski definition) is 2. The first-order valence-electron chi connectivity index (χ1n) is 3.43. The van der Waals surface area contributed by atoms with E-state index >= 15 is 0 Å². The molecule has 0 aromatic heterocycles. The van der Waals surface area contributed by atoms with E-state index in [0.29, 0.717) is 0 Å². The van der Waals surface area contributed by atoms with Crippen LogP contribution in [0.5, 0.6) is 0 Å². The number of nitrogens with one attached hydrogen (secondary N) is 1. The molecule has 0 spiro atoms. The van der Waals surface area contributed by atoms with E-state index in [4.69, 9.17) is 5.11 Å². The maximum absolute atomic E-state index is 10.6. The fourth-order valence-corrected chi connectivity index (χ4v) is 0.665. The topological polar surface area (TPSA) is 49.3 Å². The predicted molar refractivity (Wildman–Crippen MR) is 39.6 cm³/mol. The van der Waals surface area contributed by atoms with E-state index in [-0.39, 0.29) is 12.5 Å². The number of aliphatic hydroxyl groups excluding tert-OH is 1. The molecule has 0 fully saturated rings. The van der Waals surface area contributed by atoms with E-state index in [1.165, 1.54) is 6.92 Å². The summed E-state index contributed by atoms with van der Waals surface area (Å²) in [6.45, 7) is 5.17. The van der Waals surface area contributed by atoms with Gasteiger partial charge in [-0.2, -0.15) is 0 Å². The highest BCUT2D eigenvalue weighted by molar-refractivity contribution is 5.73. The van der Waals surface area contributed by atoms with Crippen LogP contribution in [0.4, 0.5) is 0 Å². The van der Waals surface area contributed by atoms with Gasteiger partial charge in [0.2, 0.25) is 5.91 Å². The van der Waals surface area contributed by atoms with Gasteiger partial charge in [0.1, 0.15) is 0 Å².